The zero-order valence-corrected chi connectivity index (χ0v) is 14.3. The average molecular weight is 355 g/mol. The van der Waals surface area contributed by atoms with Crippen molar-refractivity contribution in [3.8, 4) is 5.75 Å². The topological polar surface area (TPSA) is 59.8 Å². The Morgan fingerprint density at radius 1 is 1.28 bits per heavy atom. The molecule has 5 nitrogen and oxygen atoms in total. The van der Waals surface area contributed by atoms with Crippen LogP contribution in [0.1, 0.15) is 4.88 Å². The first-order valence-electron chi connectivity index (χ1n) is 7.73. The largest absolute Gasteiger partial charge is 0.484 e. The standard InChI is InChI=1S/C19H17NO4S/c1-2-9-20(12-16-4-3-10-25-16)18(21)13-23-15-7-5-14-6-8-19(22)24-17(14)11-15/h2-8,10-11H,1,9,12-13H2. The molecule has 25 heavy (non-hydrogen) atoms. The van der Waals surface area contributed by atoms with Crippen LogP contribution in [-0.2, 0) is 11.3 Å². The molecule has 128 valence electrons. The minimum atomic E-state index is -0.422. The molecule has 0 bridgehead atoms. The molecule has 0 aliphatic heterocycles. The van der Waals surface area contributed by atoms with Gasteiger partial charge < -0.3 is 14.1 Å². The number of nitrogens with zero attached hydrogens (tertiary/aromatic N) is 1. The Labute approximate surface area is 148 Å². The average Bonchev–Trinajstić information content (AvgIpc) is 3.12. The molecule has 0 saturated carbocycles. The molecule has 0 spiro atoms. The van der Waals surface area contributed by atoms with Gasteiger partial charge in [0.05, 0.1) is 6.54 Å². The summed E-state index contributed by atoms with van der Waals surface area (Å²) in [5.41, 5.74) is 0.00724. The smallest absolute Gasteiger partial charge is 0.336 e. The fourth-order valence-corrected chi connectivity index (χ4v) is 3.09. The van der Waals surface area contributed by atoms with Crippen molar-refractivity contribution in [2.75, 3.05) is 13.2 Å². The number of amides is 1. The van der Waals surface area contributed by atoms with E-state index in [1.807, 2.05) is 17.5 Å². The lowest BCUT2D eigenvalue weighted by molar-refractivity contribution is -0.133. The fourth-order valence-electron chi connectivity index (χ4n) is 2.37. The quantitative estimate of drug-likeness (QED) is 0.481. The van der Waals surface area contributed by atoms with E-state index in [4.69, 9.17) is 9.15 Å². The number of ether oxygens (including phenoxy) is 1. The molecule has 0 N–H and O–H groups in total. The van der Waals surface area contributed by atoms with Crippen molar-refractivity contribution in [1.82, 2.24) is 4.90 Å². The summed E-state index contributed by atoms with van der Waals surface area (Å²) in [7, 11) is 0. The second-order valence-electron chi connectivity index (χ2n) is 5.39. The molecule has 0 saturated heterocycles. The van der Waals surface area contributed by atoms with Gasteiger partial charge in [0.2, 0.25) is 0 Å². The van der Waals surface area contributed by atoms with E-state index in [9.17, 15) is 9.59 Å². The van der Waals surface area contributed by atoms with Gasteiger partial charge in [0, 0.05) is 28.9 Å². The number of carbonyl (C=O) groups excluding carboxylic acids is 1. The van der Waals surface area contributed by atoms with Gasteiger partial charge in [-0.15, -0.1) is 17.9 Å². The normalized spacial score (nSPS) is 10.6. The lowest BCUT2D eigenvalue weighted by Crippen LogP contribution is -2.34. The summed E-state index contributed by atoms with van der Waals surface area (Å²) in [6.07, 6.45) is 1.69. The van der Waals surface area contributed by atoms with Gasteiger partial charge in [-0.05, 0) is 29.6 Å². The summed E-state index contributed by atoms with van der Waals surface area (Å²) in [5.74, 6) is 0.341. The van der Waals surface area contributed by atoms with Gasteiger partial charge in [-0.3, -0.25) is 4.79 Å². The van der Waals surface area contributed by atoms with Crippen molar-refractivity contribution < 1.29 is 13.9 Å². The molecule has 0 aliphatic rings. The van der Waals surface area contributed by atoms with Gasteiger partial charge in [-0.2, -0.15) is 0 Å². The van der Waals surface area contributed by atoms with Crippen molar-refractivity contribution >= 4 is 28.2 Å². The second-order valence-corrected chi connectivity index (χ2v) is 6.42. The molecule has 1 amide bonds. The third-order valence-electron chi connectivity index (χ3n) is 3.59. The zero-order valence-electron chi connectivity index (χ0n) is 13.5. The highest BCUT2D eigenvalue weighted by molar-refractivity contribution is 7.09. The van der Waals surface area contributed by atoms with Gasteiger partial charge in [0.25, 0.3) is 5.91 Å². The van der Waals surface area contributed by atoms with E-state index in [1.165, 1.54) is 6.07 Å². The monoisotopic (exact) mass is 355 g/mol. The van der Waals surface area contributed by atoms with Crippen molar-refractivity contribution in [1.29, 1.82) is 0 Å². The van der Waals surface area contributed by atoms with Crippen molar-refractivity contribution in [2.45, 2.75) is 6.54 Å². The van der Waals surface area contributed by atoms with Gasteiger partial charge in [-0.1, -0.05) is 12.1 Å². The number of hydrogen-bond acceptors (Lipinski definition) is 5. The Morgan fingerprint density at radius 3 is 2.88 bits per heavy atom. The van der Waals surface area contributed by atoms with E-state index < -0.39 is 5.63 Å². The SMILES string of the molecule is C=CCN(Cc1cccs1)C(=O)COc1ccc2ccc(=O)oc2c1. The molecule has 3 aromatic rings. The van der Waals surface area contributed by atoms with Crippen LogP contribution in [0, 0.1) is 0 Å². The highest BCUT2D eigenvalue weighted by atomic mass is 32.1. The molecule has 2 heterocycles. The van der Waals surface area contributed by atoms with Gasteiger partial charge in [0.15, 0.2) is 6.61 Å². The lowest BCUT2D eigenvalue weighted by Gasteiger charge is -2.20. The molecule has 3 rings (SSSR count). The van der Waals surface area contributed by atoms with E-state index in [0.717, 1.165) is 10.3 Å². The van der Waals surface area contributed by atoms with E-state index in [-0.39, 0.29) is 12.5 Å². The van der Waals surface area contributed by atoms with Crippen molar-refractivity contribution in [3.63, 3.8) is 0 Å². The molecule has 1 aromatic carbocycles. The number of fused-ring (bicyclic) bond motifs is 1. The van der Waals surface area contributed by atoms with E-state index >= 15 is 0 Å². The number of carbonyl (C=O) groups is 1. The Bertz CT molecular complexity index is 930. The third kappa shape index (κ3) is 4.36. The lowest BCUT2D eigenvalue weighted by atomic mass is 10.2. The summed E-state index contributed by atoms with van der Waals surface area (Å²) >= 11 is 1.60. The Balaban J connectivity index is 1.67. The van der Waals surface area contributed by atoms with Crippen LogP contribution in [-0.4, -0.2) is 24.0 Å². The number of hydrogen-bond donors (Lipinski definition) is 0. The molecule has 2 aromatic heterocycles. The van der Waals surface area contributed by atoms with Gasteiger partial charge in [-0.25, -0.2) is 4.79 Å². The van der Waals surface area contributed by atoms with Crippen LogP contribution in [0.15, 0.2) is 69.7 Å². The fraction of sp³-hybridized carbons (Fsp3) is 0.158. The molecular weight excluding hydrogens is 338 g/mol. The van der Waals surface area contributed by atoms with Crippen molar-refractivity contribution in [3.05, 3.63) is 75.8 Å². The summed E-state index contributed by atoms with van der Waals surface area (Å²) in [5, 5.41) is 2.77. The van der Waals surface area contributed by atoms with E-state index in [1.54, 1.807) is 46.6 Å². The van der Waals surface area contributed by atoms with Crippen LogP contribution >= 0.6 is 11.3 Å². The van der Waals surface area contributed by atoms with Gasteiger partial charge in [0.1, 0.15) is 11.3 Å². The van der Waals surface area contributed by atoms with Gasteiger partial charge >= 0.3 is 5.63 Å². The van der Waals surface area contributed by atoms with Crippen LogP contribution in [0.2, 0.25) is 0 Å². The molecule has 0 radical (unpaired) electrons. The molecule has 0 unspecified atom stereocenters. The number of thiophene rings is 1. The van der Waals surface area contributed by atoms with E-state index in [0.29, 0.717) is 24.4 Å². The third-order valence-corrected chi connectivity index (χ3v) is 4.45. The Kier molecular flexibility index (Phi) is 5.30. The minimum absolute atomic E-state index is 0.0954. The summed E-state index contributed by atoms with van der Waals surface area (Å²) < 4.78 is 10.7. The van der Waals surface area contributed by atoms with Crippen LogP contribution in [0.4, 0.5) is 0 Å². The molecule has 0 fully saturated rings. The molecule has 0 aliphatic carbocycles. The van der Waals surface area contributed by atoms with Crippen molar-refractivity contribution in [2.24, 2.45) is 0 Å². The maximum Gasteiger partial charge on any atom is 0.336 e. The summed E-state index contributed by atoms with van der Waals surface area (Å²) in [6.45, 7) is 4.58. The van der Waals surface area contributed by atoms with Crippen LogP contribution in [0.3, 0.4) is 0 Å². The maximum atomic E-state index is 12.4. The first-order chi connectivity index (χ1) is 12.2. The predicted octanol–water partition coefficient (Wildman–Crippen LogP) is 3.45. The second kappa shape index (κ2) is 7.81. The Hall–Kier alpha value is -2.86. The van der Waals surface area contributed by atoms with E-state index in [2.05, 4.69) is 6.58 Å². The predicted molar refractivity (Wildman–Crippen MR) is 97.9 cm³/mol. The first-order valence-corrected chi connectivity index (χ1v) is 8.61. The van der Waals surface area contributed by atoms with Crippen LogP contribution in [0.25, 0.3) is 11.0 Å². The maximum absolute atomic E-state index is 12.4. The highest BCUT2D eigenvalue weighted by Gasteiger charge is 2.14. The highest BCUT2D eigenvalue weighted by Crippen LogP contribution is 2.19. The minimum Gasteiger partial charge on any atom is -0.484 e. The Morgan fingerprint density at radius 2 is 2.12 bits per heavy atom. The summed E-state index contributed by atoms with van der Waals surface area (Å²) in [6, 6.07) is 12.1. The zero-order chi connectivity index (χ0) is 17.6. The van der Waals surface area contributed by atoms with Crippen LogP contribution < -0.4 is 10.4 Å². The number of rotatable bonds is 7. The summed E-state index contributed by atoms with van der Waals surface area (Å²) in [4.78, 5) is 26.5. The molecule has 0 atom stereocenters. The van der Waals surface area contributed by atoms with Crippen LogP contribution in [0.5, 0.6) is 5.75 Å². The first kappa shape index (κ1) is 17.0. The molecule has 6 heteroatoms. The molecular formula is C19H17NO4S. The number of benzene rings is 1.